The molecule has 19 heavy (non-hydrogen) atoms. The minimum Gasteiger partial charge on any atom is -0.370 e. The van der Waals surface area contributed by atoms with Gasteiger partial charge in [0.2, 0.25) is 0 Å². The second kappa shape index (κ2) is 5.31. The van der Waals surface area contributed by atoms with Crippen molar-refractivity contribution in [2.24, 2.45) is 0 Å². The number of aromatic nitrogens is 3. The first kappa shape index (κ1) is 13.4. The Morgan fingerprint density at radius 1 is 1.58 bits per heavy atom. The molecule has 9 heteroatoms. The maximum atomic E-state index is 13.5. The first-order chi connectivity index (χ1) is 8.99. The summed E-state index contributed by atoms with van der Waals surface area (Å²) in [6, 6.07) is 1.81. The third-order valence-corrected chi connectivity index (χ3v) is 3.06. The van der Waals surface area contributed by atoms with Gasteiger partial charge in [0.05, 0.1) is 15.4 Å². The Kier molecular flexibility index (Phi) is 3.74. The summed E-state index contributed by atoms with van der Waals surface area (Å²) < 4.78 is 13.5. The highest BCUT2D eigenvalue weighted by atomic mass is 79.9. The van der Waals surface area contributed by atoms with Gasteiger partial charge in [-0.15, -0.1) is 0 Å². The number of nitrogens with zero attached hydrogens (tertiary/aromatic N) is 3. The van der Waals surface area contributed by atoms with Gasteiger partial charge >= 0.3 is 0 Å². The zero-order valence-corrected chi connectivity index (χ0v) is 11.3. The van der Waals surface area contributed by atoms with Crippen molar-refractivity contribution in [3.05, 3.63) is 44.7 Å². The highest BCUT2D eigenvalue weighted by Gasteiger charge is 2.20. The minimum absolute atomic E-state index is 0.0390. The number of nitro groups is 1. The highest BCUT2D eigenvalue weighted by Crippen LogP contribution is 2.32. The van der Waals surface area contributed by atoms with Crippen LogP contribution in [0.1, 0.15) is 18.8 Å². The molecule has 0 radical (unpaired) electrons. The summed E-state index contributed by atoms with van der Waals surface area (Å²) in [4.78, 5) is 14.3. The van der Waals surface area contributed by atoms with Gasteiger partial charge in [0.1, 0.15) is 23.7 Å². The van der Waals surface area contributed by atoms with Crippen LogP contribution < -0.4 is 5.32 Å². The standard InChI is InChI=1S/C10H9BrFN5O2/c1-5(10-13-4-14-16-10)15-8-3-7(12)6(11)2-9(8)17(18)19/h2-5,15H,1H3,(H,13,14,16). The predicted molar refractivity (Wildman–Crippen MR) is 69.2 cm³/mol. The second-order valence-corrected chi connectivity index (χ2v) is 4.63. The molecule has 0 amide bonds. The van der Waals surface area contributed by atoms with Gasteiger partial charge in [0, 0.05) is 12.1 Å². The molecule has 0 fully saturated rings. The number of H-pyrrole nitrogens is 1. The van der Waals surface area contributed by atoms with Gasteiger partial charge in [-0.25, -0.2) is 9.37 Å². The summed E-state index contributed by atoms with van der Waals surface area (Å²) in [6.07, 6.45) is 1.32. The SMILES string of the molecule is CC(Nc1cc(F)c(Br)cc1[N+](=O)[O-])c1ncn[nH]1. The Morgan fingerprint density at radius 2 is 2.32 bits per heavy atom. The minimum atomic E-state index is -0.585. The smallest absolute Gasteiger partial charge is 0.293 e. The van der Waals surface area contributed by atoms with Crippen LogP contribution in [-0.2, 0) is 0 Å². The number of nitro benzene ring substituents is 1. The van der Waals surface area contributed by atoms with Crippen LogP contribution >= 0.6 is 15.9 Å². The van der Waals surface area contributed by atoms with Crippen LogP contribution in [0.25, 0.3) is 0 Å². The molecule has 1 heterocycles. The highest BCUT2D eigenvalue weighted by molar-refractivity contribution is 9.10. The topological polar surface area (TPSA) is 96.7 Å². The zero-order chi connectivity index (χ0) is 14.0. The van der Waals surface area contributed by atoms with E-state index in [1.807, 2.05) is 0 Å². The van der Waals surface area contributed by atoms with Crippen molar-refractivity contribution in [1.82, 2.24) is 15.2 Å². The fraction of sp³-hybridized carbons (Fsp3) is 0.200. The van der Waals surface area contributed by atoms with Crippen molar-refractivity contribution in [3.8, 4) is 0 Å². The van der Waals surface area contributed by atoms with E-state index in [1.54, 1.807) is 6.92 Å². The van der Waals surface area contributed by atoms with Gasteiger partial charge < -0.3 is 5.32 Å². The molecule has 0 spiro atoms. The molecule has 1 aromatic carbocycles. The third kappa shape index (κ3) is 2.87. The molecule has 2 N–H and O–H groups in total. The molecule has 7 nitrogen and oxygen atoms in total. The van der Waals surface area contributed by atoms with Crippen LogP contribution in [0.2, 0.25) is 0 Å². The molecule has 1 atom stereocenters. The first-order valence-electron chi connectivity index (χ1n) is 5.24. The number of halogens is 2. The van der Waals surface area contributed by atoms with E-state index < -0.39 is 10.7 Å². The second-order valence-electron chi connectivity index (χ2n) is 3.78. The summed E-state index contributed by atoms with van der Waals surface area (Å²) in [5.41, 5.74) is -0.144. The van der Waals surface area contributed by atoms with Crippen molar-refractivity contribution in [2.45, 2.75) is 13.0 Å². The average Bonchev–Trinajstić information content (AvgIpc) is 2.86. The van der Waals surface area contributed by atoms with Crippen molar-refractivity contribution in [2.75, 3.05) is 5.32 Å². The van der Waals surface area contributed by atoms with E-state index in [1.165, 1.54) is 6.33 Å². The molecular formula is C10H9BrFN5O2. The van der Waals surface area contributed by atoms with Gasteiger partial charge in [0.15, 0.2) is 0 Å². The quantitative estimate of drug-likeness (QED) is 0.664. The van der Waals surface area contributed by atoms with Crippen molar-refractivity contribution >= 4 is 27.3 Å². The lowest BCUT2D eigenvalue weighted by atomic mass is 10.2. The largest absolute Gasteiger partial charge is 0.370 e. The number of benzene rings is 1. The number of anilines is 1. The monoisotopic (exact) mass is 329 g/mol. The van der Waals surface area contributed by atoms with Gasteiger partial charge in [-0.1, -0.05) is 0 Å². The molecule has 0 aliphatic heterocycles. The lowest BCUT2D eigenvalue weighted by Gasteiger charge is -2.13. The van der Waals surface area contributed by atoms with Crippen LogP contribution in [0.15, 0.2) is 22.9 Å². The van der Waals surface area contributed by atoms with Crippen molar-refractivity contribution in [3.63, 3.8) is 0 Å². The van der Waals surface area contributed by atoms with E-state index >= 15 is 0 Å². The van der Waals surface area contributed by atoms with Crippen LogP contribution in [0.4, 0.5) is 15.8 Å². The third-order valence-electron chi connectivity index (χ3n) is 2.45. The number of hydrogen-bond acceptors (Lipinski definition) is 5. The molecule has 0 saturated carbocycles. The lowest BCUT2D eigenvalue weighted by molar-refractivity contribution is -0.384. The molecule has 2 aromatic rings. The molecular weight excluding hydrogens is 321 g/mol. The van der Waals surface area contributed by atoms with Crippen LogP contribution in [0.5, 0.6) is 0 Å². The molecule has 2 rings (SSSR count). The summed E-state index contributed by atoms with van der Waals surface area (Å²) in [5, 5.41) is 20.1. The van der Waals surface area contributed by atoms with Crippen molar-refractivity contribution < 1.29 is 9.31 Å². The number of aromatic amines is 1. The van der Waals surface area contributed by atoms with Gasteiger partial charge in [-0.3, -0.25) is 15.2 Å². The Labute approximate surface area is 115 Å². The van der Waals surface area contributed by atoms with Gasteiger partial charge in [-0.05, 0) is 22.9 Å². The molecule has 1 aromatic heterocycles. The molecule has 100 valence electrons. The molecule has 0 aliphatic carbocycles. The summed E-state index contributed by atoms with van der Waals surface area (Å²) in [7, 11) is 0. The Morgan fingerprint density at radius 3 is 2.89 bits per heavy atom. The van der Waals surface area contributed by atoms with E-state index in [0.29, 0.717) is 5.82 Å². The van der Waals surface area contributed by atoms with Gasteiger partial charge in [0.25, 0.3) is 5.69 Å². The summed E-state index contributed by atoms with van der Waals surface area (Å²) in [5.74, 6) is -0.0875. The normalized spacial score (nSPS) is 12.2. The number of nitrogens with one attached hydrogen (secondary N) is 2. The maximum Gasteiger partial charge on any atom is 0.293 e. The fourth-order valence-electron chi connectivity index (χ4n) is 1.53. The van der Waals surface area contributed by atoms with E-state index in [9.17, 15) is 14.5 Å². The zero-order valence-electron chi connectivity index (χ0n) is 9.72. The molecule has 0 aliphatic rings. The first-order valence-corrected chi connectivity index (χ1v) is 6.03. The summed E-state index contributed by atoms with van der Waals surface area (Å²) in [6.45, 7) is 1.73. The van der Waals surface area contributed by atoms with E-state index in [-0.39, 0.29) is 21.9 Å². The molecule has 0 saturated heterocycles. The van der Waals surface area contributed by atoms with Crippen molar-refractivity contribution in [1.29, 1.82) is 0 Å². The van der Waals surface area contributed by atoms with E-state index in [4.69, 9.17) is 0 Å². The maximum absolute atomic E-state index is 13.5. The Bertz CT molecular complexity index is 604. The molecule has 1 unspecified atom stereocenters. The van der Waals surface area contributed by atoms with E-state index in [0.717, 1.165) is 12.1 Å². The number of hydrogen-bond donors (Lipinski definition) is 2. The van der Waals surface area contributed by atoms with Crippen LogP contribution in [-0.4, -0.2) is 20.1 Å². The Hall–Kier alpha value is -2.03. The lowest BCUT2D eigenvalue weighted by Crippen LogP contribution is -2.10. The molecule has 0 bridgehead atoms. The van der Waals surface area contributed by atoms with Crippen LogP contribution in [0.3, 0.4) is 0 Å². The van der Waals surface area contributed by atoms with E-state index in [2.05, 4.69) is 36.4 Å². The van der Waals surface area contributed by atoms with Crippen LogP contribution in [0, 0.1) is 15.9 Å². The Balaban J connectivity index is 2.33. The fourth-order valence-corrected chi connectivity index (χ4v) is 1.86. The van der Waals surface area contributed by atoms with Gasteiger partial charge in [-0.2, -0.15) is 5.10 Å². The number of rotatable bonds is 4. The summed E-state index contributed by atoms with van der Waals surface area (Å²) >= 11 is 2.92. The predicted octanol–water partition coefficient (Wildman–Crippen LogP) is 2.79. The average molecular weight is 330 g/mol.